The fraction of sp³-hybridized carbons (Fsp3) is 0.480. The first-order valence-electron chi connectivity index (χ1n) is 12.4. The molecular formula is C25H29FN6O3S. The van der Waals surface area contributed by atoms with Gasteiger partial charge in [0.2, 0.25) is 11.8 Å². The Kier molecular flexibility index (Phi) is 7.26. The Morgan fingerprint density at radius 1 is 1.06 bits per heavy atom. The van der Waals surface area contributed by atoms with Crippen molar-refractivity contribution in [3.05, 3.63) is 52.3 Å². The number of benzene rings is 1. The Labute approximate surface area is 211 Å². The summed E-state index contributed by atoms with van der Waals surface area (Å²) in [4.78, 5) is 51.2. The number of amides is 2. The van der Waals surface area contributed by atoms with Crippen molar-refractivity contribution in [1.29, 1.82) is 0 Å². The van der Waals surface area contributed by atoms with Gasteiger partial charge in [0, 0.05) is 38.6 Å². The second-order valence-corrected chi connectivity index (χ2v) is 10.4. The molecule has 1 aromatic carbocycles. The van der Waals surface area contributed by atoms with Gasteiger partial charge >= 0.3 is 0 Å². The Morgan fingerprint density at radius 3 is 2.50 bits per heavy atom. The monoisotopic (exact) mass is 512 g/mol. The maximum absolute atomic E-state index is 13.0. The highest BCUT2D eigenvalue weighted by atomic mass is 32.1. The van der Waals surface area contributed by atoms with Crippen LogP contribution in [-0.4, -0.2) is 57.4 Å². The van der Waals surface area contributed by atoms with Gasteiger partial charge in [-0.3, -0.25) is 19.0 Å². The summed E-state index contributed by atoms with van der Waals surface area (Å²) >= 11 is 1.28. The van der Waals surface area contributed by atoms with Crippen LogP contribution in [0.2, 0.25) is 0 Å². The second-order valence-electron chi connectivity index (χ2n) is 9.38. The van der Waals surface area contributed by atoms with Crippen LogP contribution >= 0.6 is 11.3 Å². The minimum absolute atomic E-state index is 0.0532. The highest BCUT2D eigenvalue weighted by Crippen LogP contribution is 2.30. The molecule has 2 amide bonds. The van der Waals surface area contributed by atoms with Crippen LogP contribution < -0.4 is 15.8 Å². The van der Waals surface area contributed by atoms with Gasteiger partial charge in [0.05, 0.1) is 0 Å². The standard InChI is InChI=1S/C25H29FN6O3S/c26-19-6-4-17(5-7-19)14-27-20(33)15-32-16-28-22-21(24(32)35)36-25(29-22)31-12-8-18(9-13-31)23(34)30-10-2-1-3-11-30/h4-7,16,18H,1-3,8-15H2,(H,27,33). The van der Waals surface area contributed by atoms with Crippen molar-refractivity contribution in [2.24, 2.45) is 5.92 Å². The number of nitrogens with one attached hydrogen (secondary N) is 1. The van der Waals surface area contributed by atoms with Crippen LogP contribution in [0.15, 0.2) is 35.4 Å². The van der Waals surface area contributed by atoms with E-state index in [0.29, 0.717) is 23.4 Å². The maximum atomic E-state index is 13.0. The Balaban J connectivity index is 1.20. The van der Waals surface area contributed by atoms with Crippen LogP contribution in [0, 0.1) is 11.7 Å². The molecule has 11 heteroatoms. The molecule has 3 aromatic rings. The number of likely N-dealkylation sites (tertiary alicyclic amines) is 1. The fourth-order valence-electron chi connectivity index (χ4n) is 4.79. The number of hydrogen-bond acceptors (Lipinski definition) is 7. The quantitative estimate of drug-likeness (QED) is 0.545. The highest BCUT2D eigenvalue weighted by molar-refractivity contribution is 7.22. The van der Waals surface area contributed by atoms with Crippen LogP contribution in [0.4, 0.5) is 9.52 Å². The molecule has 190 valence electrons. The van der Waals surface area contributed by atoms with Gasteiger partial charge in [-0.05, 0) is 49.8 Å². The molecule has 2 fully saturated rings. The van der Waals surface area contributed by atoms with E-state index in [1.807, 2.05) is 4.90 Å². The number of piperidine rings is 2. The molecule has 0 unspecified atom stereocenters. The molecule has 4 heterocycles. The zero-order chi connectivity index (χ0) is 25.1. The van der Waals surface area contributed by atoms with Crippen LogP contribution in [0.3, 0.4) is 0 Å². The Bertz CT molecular complexity index is 1290. The number of fused-ring (bicyclic) bond motifs is 1. The molecule has 0 spiro atoms. The normalized spacial score (nSPS) is 16.9. The van der Waals surface area contributed by atoms with Gasteiger partial charge < -0.3 is 15.1 Å². The number of carbonyl (C=O) groups is 2. The highest BCUT2D eigenvalue weighted by Gasteiger charge is 2.30. The van der Waals surface area contributed by atoms with Crippen LogP contribution in [0.25, 0.3) is 10.3 Å². The van der Waals surface area contributed by atoms with Crippen molar-refractivity contribution in [3.63, 3.8) is 0 Å². The molecule has 36 heavy (non-hydrogen) atoms. The molecule has 0 bridgehead atoms. The summed E-state index contributed by atoms with van der Waals surface area (Å²) in [6.07, 6.45) is 6.28. The van der Waals surface area contributed by atoms with E-state index in [-0.39, 0.29) is 42.2 Å². The number of anilines is 1. The number of aromatic nitrogens is 3. The minimum atomic E-state index is -0.340. The van der Waals surface area contributed by atoms with Crippen LogP contribution in [-0.2, 0) is 22.7 Å². The van der Waals surface area contributed by atoms with Gasteiger partial charge in [0.25, 0.3) is 5.56 Å². The summed E-state index contributed by atoms with van der Waals surface area (Å²) in [5, 5.41) is 3.46. The summed E-state index contributed by atoms with van der Waals surface area (Å²) in [6.45, 7) is 3.25. The first-order chi connectivity index (χ1) is 17.5. The van der Waals surface area contributed by atoms with Crippen molar-refractivity contribution < 1.29 is 14.0 Å². The first-order valence-corrected chi connectivity index (χ1v) is 13.2. The van der Waals surface area contributed by atoms with Crippen LogP contribution in [0.1, 0.15) is 37.7 Å². The summed E-state index contributed by atoms with van der Waals surface area (Å²) in [6, 6.07) is 5.86. The molecule has 2 saturated heterocycles. The molecule has 0 radical (unpaired) electrons. The Morgan fingerprint density at radius 2 is 1.78 bits per heavy atom. The lowest BCUT2D eigenvalue weighted by molar-refractivity contribution is -0.137. The number of hydrogen-bond donors (Lipinski definition) is 1. The molecule has 0 atom stereocenters. The summed E-state index contributed by atoms with van der Waals surface area (Å²) in [7, 11) is 0. The van der Waals surface area contributed by atoms with Gasteiger partial charge in [-0.2, -0.15) is 4.98 Å². The molecule has 1 N–H and O–H groups in total. The van der Waals surface area contributed by atoms with Crippen molar-refractivity contribution >= 4 is 38.6 Å². The number of rotatable bonds is 6. The van der Waals surface area contributed by atoms with Gasteiger partial charge in [0.15, 0.2) is 10.8 Å². The third-order valence-electron chi connectivity index (χ3n) is 6.87. The van der Waals surface area contributed by atoms with Crippen molar-refractivity contribution in [2.75, 3.05) is 31.1 Å². The van der Waals surface area contributed by atoms with E-state index in [9.17, 15) is 18.8 Å². The predicted molar refractivity (Wildman–Crippen MR) is 135 cm³/mol. The molecular weight excluding hydrogens is 483 g/mol. The average Bonchev–Trinajstić information content (AvgIpc) is 3.35. The Hall–Kier alpha value is -3.34. The van der Waals surface area contributed by atoms with E-state index in [0.717, 1.165) is 49.5 Å². The zero-order valence-electron chi connectivity index (χ0n) is 20.0. The van der Waals surface area contributed by atoms with Crippen molar-refractivity contribution in [2.45, 2.75) is 45.2 Å². The lowest BCUT2D eigenvalue weighted by Crippen LogP contribution is -2.44. The van der Waals surface area contributed by atoms with E-state index in [1.165, 1.54) is 40.8 Å². The van der Waals surface area contributed by atoms with Gasteiger partial charge in [-0.25, -0.2) is 9.37 Å². The van der Waals surface area contributed by atoms with E-state index in [1.54, 1.807) is 12.1 Å². The van der Waals surface area contributed by atoms with Crippen molar-refractivity contribution in [1.82, 2.24) is 24.8 Å². The number of nitrogens with zero attached hydrogens (tertiary/aromatic N) is 5. The first kappa shape index (κ1) is 24.4. The van der Waals surface area contributed by atoms with Crippen molar-refractivity contribution in [3.8, 4) is 0 Å². The number of thiazole rings is 1. The van der Waals surface area contributed by atoms with E-state index in [4.69, 9.17) is 0 Å². The smallest absolute Gasteiger partial charge is 0.273 e. The van der Waals surface area contributed by atoms with Crippen LogP contribution in [0.5, 0.6) is 0 Å². The van der Waals surface area contributed by atoms with E-state index >= 15 is 0 Å². The summed E-state index contributed by atoms with van der Waals surface area (Å²) in [5.41, 5.74) is 0.824. The fourth-order valence-corrected chi connectivity index (χ4v) is 5.81. The molecule has 5 rings (SSSR count). The SMILES string of the molecule is O=C(Cn1cnc2nc(N3CCC(C(=O)N4CCCCC4)CC3)sc2c1=O)NCc1ccc(F)cc1. The lowest BCUT2D eigenvalue weighted by atomic mass is 9.94. The number of carbonyl (C=O) groups excluding carboxylic acids is 2. The molecule has 2 aliphatic heterocycles. The summed E-state index contributed by atoms with van der Waals surface area (Å²) < 4.78 is 14.7. The lowest BCUT2D eigenvalue weighted by Gasteiger charge is -2.35. The van der Waals surface area contributed by atoms with E-state index < -0.39 is 0 Å². The topological polar surface area (TPSA) is 100 Å². The summed E-state index contributed by atoms with van der Waals surface area (Å²) in [5.74, 6) is -0.346. The second kappa shape index (κ2) is 10.7. The third kappa shape index (κ3) is 5.40. The minimum Gasteiger partial charge on any atom is -0.350 e. The predicted octanol–water partition coefficient (Wildman–Crippen LogP) is 2.54. The molecule has 9 nitrogen and oxygen atoms in total. The molecule has 0 aliphatic carbocycles. The molecule has 2 aromatic heterocycles. The van der Waals surface area contributed by atoms with E-state index in [2.05, 4.69) is 20.2 Å². The zero-order valence-corrected chi connectivity index (χ0v) is 20.8. The maximum Gasteiger partial charge on any atom is 0.273 e. The van der Waals surface area contributed by atoms with Gasteiger partial charge in [-0.1, -0.05) is 23.5 Å². The van der Waals surface area contributed by atoms with Gasteiger partial charge in [-0.15, -0.1) is 0 Å². The average molecular weight is 513 g/mol. The third-order valence-corrected chi connectivity index (χ3v) is 7.97. The molecule has 2 aliphatic rings. The largest absolute Gasteiger partial charge is 0.350 e. The number of halogens is 1. The van der Waals surface area contributed by atoms with Gasteiger partial charge in [0.1, 0.15) is 23.4 Å². The molecule has 0 saturated carbocycles.